The highest BCUT2D eigenvalue weighted by molar-refractivity contribution is 5.94. The van der Waals surface area contributed by atoms with Crippen molar-refractivity contribution in [2.45, 2.75) is 25.7 Å². The van der Waals surface area contributed by atoms with Crippen LogP contribution in [0, 0.1) is 5.41 Å². The molecule has 1 atom stereocenters. The molecule has 0 saturated carbocycles. The summed E-state index contributed by atoms with van der Waals surface area (Å²) in [6.45, 7) is 2.74. The summed E-state index contributed by atoms with van der Waals surface area (Å²) >= 11 is 0. The number of amides is 2. The molecule has 4 rings (SSSR count). The van der Waals surface area contributed by atoms with Gasteiger partial charge in [0, 0.05) is 39.4 Å². The zero-order valence-corrected chi connectivity index (χ0v) is 15.8. The van der Waals surface area contributed by atoms with Gasteiger partial charge in [0.25, 0.3) is 5.91 Å². The minimum absolute atomic E-state index is 0.0268. The van der Waals surface area contributed by atoms with Crippen molar-refractivity contribution < 1.29 is 9.59 Å². The third kappa shape index (κ3) is 3.36. The van der Waals surface area contributed by atoms with Crippen LogP contribution in [0.2, 0.25) is 0 Å². The number of carbonyl (C=O) groups excluding carboxylic acids is 2. The Morgan fingerprint density at radius 3 is 2.70 bits per heavy atom. The van der Waals surface area contributed by atoms with Gasteiger partial charge in [-0.05, 0) is 37.3 Å². The molecule has 27 heavy (non-hydrogen) atoms. The average Bonchev–Trinajstić information content (AvgIpc) is 3.31. The second kappa shape index (κ2) is 7.18. The van der Waals surface area contributed by atoms with E-state index in [4.69, 9.17) is 0 Å². The Morgan fingerprint density at radius 1 is 1.15 bits per heavy atom. The van der Waals surface area contributed by atoms with Crippen LogP contribution in [0.1, 0.15) is 35.3 Å². The third-order valence-corrected chi connectivity index (χ3v) is 6.02. The number of hydrogen-bond acceptors (Lipinski definition) is 3. The van der Waals surface area contributed by atoms with Gasteiger partial charge in [-0.1, -0.05) is 30.3 Å². The minimum Gasteiger partial charge on any atom is -0.342 e. The Bertz CT molecular complexity index is 832. The van der Waals surface area contributed by atoms with Crippen LogP contribution in [0.3, 0.4) is 0 Å². The number of hydrogen-bond donors (Lipinski definition) is 0. The molecule has 1 aromatic heterocycles. The average molecular weight is 366 g/mol. The fourth-order valence-electron chi connectivity index (χ4n) is 4.44. The molecule has 2 aliphatic heterocycles. The van der Waals surface area contributed by atoms with Gasteiger partial charge in [0.2, 0.25) is 5.91 Å². The first-order valence-electron chi connectivity index (χ1n) is 9.70. The quantitative estimate of drug-likeness (QED) is 0.833. The first kappa shape index (κ1) is 17.8. The summed E-state index contributed by atoms with van der Waals surface area (Å²) in [6, 6.07) is 12.0. The molecule has 1 aromatic carbocycles. The molecule has 2 aliphatic rings. The molecular formula is C21H26N4O2. The van der Waals surface area contributed by atoms with Crippen molar-refractivity contribution in [1.29, 1.82) is 0 Å². The van der Waals surface area contributed by atoms with Crippen LogP contribution >= 0.6 is 0 Å². The van der Waals surface area contributed by atoms with Crippen LogP contribution in [0.5, 0.6) is 0 Å². The second-order valence-electron chi connectivity index (χ2n) is 7.73. The van der Waals surface area contributed by atoms with Crippen molar-refractivity contribution >= 4 is 11.8 Å². The zero-order valence-electron chi connectivity index (χ0n) is 15.8. The predicted molar refractivity (Wildman–Crippen MR) is 102 cm³/mol. The lowest BCUT2D eigenvalue weighted by Gasteiger charge is -2.39. The molecular weight excluding hydrogens is 340 g/mol. The fraction of sp³-hybridized carbons (Fsp3) is 0.476. The monoisotopic (exact) mass is 366 g/mol. The summed E-state index contributed by atoms with van der Waals surface area (Å²) in [6.07, 6.45) is 5.16. The van der Waals surface area contributed by atoms with Crippen molar-refractivity contribution in [2.75, 3.05) is 26.2 Å². The van der Waals surface area contributed by atoms with Gasteiger partial charge < -0.3 is 9.80 Å². The normalized spacial score (nSPS) is 22.6. The highest BCUT2D eigenvalue weighted by Gasteiger charge is 2.49. The van der Waals surface area contributed by atoms with E-state index in [1.165, 1.54) is 5.56 Å². The van der Waals surface area contributed by atoms with Crippen LogP contribution < -0.4 is 0 Å². The van der Waals surface area contributed by atoms with Crippen molar-refractivity contribution in [3.63, 3.8) is 0 Å². The highest BCUT2D eigenvalue weighted by atomic mass is 16.2. The SMILES string of the molecule is Cn1nccc1C(=O)N1CC[C@@]2(CCCN(CCc3ccccc3)C2=O)C1. The summed E-state index contributed by atoms with van der Waals surface area (Å²) in [4.78, 5) is 29.9. The summed E-state index contributed by atoms with van der Waals surface area (Å²) in [7, 11) is 1.77. The number of benzene rings is 1. The minimum atomic E-state index is -0.400. The van der Waals surface area contributed by atoms with Crippen molar-refractivity contribution in [2.24, 2.45) is 12.5 Å². The number of rotatable bonds is 4. The number of nitrogens with zero attached hydrogens (tertiary/aromatic N) is 4. The van der Waals surface area contributed by atoms with Crippen LogP contribution in [0.25, 0.3) is 0 Å². The summed E-state index contributed by atoms with van der Waals surface area (Å²) in [5, 5.41) is 4.09. The van der Waals surface area contributed by atoms with E-state index < -0.39 is 5.41 Å². The van der Waals surface area contributed by atoms with Gasteiger partial charge in [-0.25, -0.2) is 0 Å². The van der Waals surface area contributed by atoms with E-state index in [9.17, 15) is 9.59 Å². The van der Waals surface area contributed by atoms with E-state index in [1.807, 2.05) is 28.0 Å². The molecule has 1 spiro atoms. The van der Waals surface area contributed by atoms with Gasteiger partial charge >= 0.3 is 0 Å². The standard InChI is InChI=1S/C21H26N4O2/c1-23-18(8-12-22-23)19(26)25-15-11-21(16-25)10-5-13-24(20(21)27)14-9-17-6-3-2-4-7-17/h2-4,6-8,12H,5,9-11,13-16H2,1H3/t21-/m0/s1. The molecule has 0 radical (unpaired) electrons. The Kier molecular flexibility index (Phi) is 4.72. The summed E-state index contributed by atoms with van der Waals surface area (Å²) in [5.74, 6) is 0.200. The fourth-order valence-corrected chi connectivity index (χ4v) is 4.44. The largest absolute Gasteiger partial charge is 0.342 e. The van der Waals surface area contributed by atoms with Gasteiger partial charge in [0.05, 0.1) is 5.41 Å². The Hall–Kier alpha value is -2.63. The van der Waals surface area contributed by atoms with Gasteiger partial charge in [0.1, 0.15) is 5.69 Å². The summed E-state index contributed by atoms with van der Waals surface area (Å²) < 4.78 is 1.60. The van der Waals surface area contributed by atoms with E-state index in [0.717, 1.165) is 38.8 Å². The van der Waals surface area contributed by atoms with Crippen LogP contribution in [-0.2, 0) is 18.3 Å². The van der Waals surface area contributed by atoms with Gasteiger partial charge in [-0.2, -0.15) is 5.10 Å². The number of carbonyl (C=O) groups is 2. The molecule has 2 saturated heterocycles. The lowest BCUT2D eigenvalue weighted by Crippen LogP contribution is -2.51. The van der Waals surface area contributed by atoms with Crippen molar-refractivity contribution in [3.8, 4) is 0 Å². The van der Waals surface area contributed by atoms with Crippen molar-refractivity contribution in [3.05, 3.63) is 53.9 Å². The number of piperidine rings is 1. The lowest BCUT2D eigenvalue weighted by molar-refractivity contribution is -0.145. The Labute approximate surface area is 159 Å². The molecule has 2 fully saturated rings. The first-order chi connectivity index (χ1) is 13.1. The van der Waals surface area contributed by atoms with Crippen molar-refractivity contribution in [1.82, 2.24) is 19.6 Å². The van der Waals surface area contributed by atoms with Crippen LogP contribution in [0.4, 0.5) is 0 Å². The molecule has 142 valence electrons. The smallest absolute Gasteiger partial charge is 0.272 e. The summed E-state index contributed by atoms with van der Waals surface area (Å²) in [5.41, 5.74) is 1.43. The number of aryl methyl sites for hydroxylation is 1. The maximum atomic E-state index is 13.3. The first-order valence-corrected chi connectivity index (χ1v) is 9.70. The molecule has 0 N–H and O–H groups in total. The topological polar surface area (TPSA) is 58.4 Å². The van der Waals surface area contributed by atoms with Gasteiger partial charge in [-0.3, -0.25) is 14.3 Å². The Balaban J connectivity index is 1.43. The molecule has 6 heteroatoms. The molecule has 0 unspecified atom stereocenters. The molecule has 6 nitrogen and oxygen atoms in total. The number of aromatic nitrogens is 2. The maximum Gasteiger partial charge on any atom is 0.272 e. The van der Waals surface area contributed by atoms with Gasteiger partial charge in [-0.15, -0.1) is 0 Å². The zero-order chi connectivity index (χ0) is 18.9. The molecule has 2 amide bonds. The van der Waals surface area contributed by atoms with E-state index in [-0.39, 0.29) is 11.8 Å². The predicted octanol–water partition coefficient (Wildman–Crippen LogP) is 2.12. The third-order valence-electron chi connectivity index (χ3n) is 6.02. The van der Waals surface area contributed by atoms with Gasteiger partial charge in [0.15, 0.2) is 0 Å². The molecule has 0 aliphatic carbocycles. The van der Waals surface area contributed by atoms with E-state index in [1.54, 1.807) is 24.0 Å². The van der Waals surface area contributed by atoms with E-state index >= 15 is 0 Å². The lowest BCUT2D eigenvalue weighted by atomic mass is 9.78. The Morgan fingerprint density at radius 2 is 1.96 bits per heavy atom. The number of likely N-dealkylation sites (tertiary alicyclic amines) is 2. The molecule has 0 bridgehead atoms. The molecule has 2 aromatic rings. The van der Waals surface area contributed by atoms with Crippen LogP contribution in [-0.4, -0.2) is 57.6 Å². The highest BCUT2D eigenvalue weighted by Crippen LogP contribution is 2.40. The molecule has 3 heterocycles. The second-order valence-corrected chi connectivity index (χ2v) is 7.73. The van der Waals surface area contributed by atoms with E-state index in [0.29, 0.717) is 18.8 Å². The maximum absolute atomic E-state index is 13.3. The van der Waals surface area contributed by atoms with Crippen LogP contribution in [0.15, 0.2) is 42.6 Å². The van der Waals surface area contributed by atoms with E-state index in [2.05, 4.69) is 17.2 Å².